The van der Waals surface area contributed by atoms with Crippen LogP contribution in [0.2, 0.25) is 0 Å². The van der Waals surface area contributed by atoms with E-state index in [9.17, 15) is 0 Å². The van der Waals surface area contributed by atoms with E-state index < -0.39 is 0 Å². The first kappa shape index (κ1) is 19.1. The van der Waals surface area contributed by atoms with Crippen molar-refractivity contribution >= 4 is 6.08 Å². The van der Waals surface area contributed by atoms with Gasteiger partial charge in [-0.15, -0.1) is 10.2 Å². The minimum atomic E-state index is 0. The van der Waals surface area contributed by atoms with Gasteiger partial charge in [-0.3, -0.25) is 5.43 Å². The lowest BCUT2D eigenvalue weighted by Gasteiger charge is -1.99. The molecule has 4 heteroatoms. The Morgan fingerprint density at radius 1 is 1.27 bits per heavy atom. The van der Waals surface area contributed by atoms with Crippen molar-refractivity contribution in [2.24, 2.45) is 0 Å². The van der Waals surface area contributed by atoms with E-state index in [-0.39, 0.29) is 7.43 Å². The average molecular weight is 212 g/mol. The molecule has 1 heterocycles. The molecule has 0 unspecified atom stereocenters. The lowest BCUT2D eigenvalue weighted by atomic mass is 10.6. The summed E-state index contributed by atoms with van der Waals surface area (Å²) < 4.78 is 1.61. The predicted octanol–water partition coefficient (Wildman–Crippen LogP) is 3.30. The Morgan fingerprint density at radius 3 is 2.20 bits per heavy atom. The highest BCUT2D eigenvalue weighted by Crippen LogP contribution is 1.91. The fourth-order valence-corrected chi connectivity index (χ4v) is 0.581. The van der Waals surface area contributed by atoms with Gasteiger partial charge < -0.3 is 0 Å². The zero-order valence-corrected chi connectivity index (χ0v) is 9.49. The molecule has 0 amide bonds. The third-order valence-corrected chi connectivity index (χ3v) is 0.987. The lowest BCUT2D eigenvalue weighted by molar-refractivity contribution is 0.934. The van der Waals surface area contributed by atoms with Gasteiger partial charge in [0.1, 0.15) is 6.33 Å². The van der Waals surface area contributed by atoms with E-state index in [0.717, 1.165) is 0 Å². The van der Waals surface area contributed by atoms with Crippen molar-refractivity contribution in [1.29, 1.82) is 0 Å². The quantitative estimate of drug-likeness (QED) is 0.836. The molecular weight excluding hydrogens is 188 g/mol. The smallest absolute Gasteiger partial charge is 0.174 e. The van der Waals surface area contributed by atoms with Crippen molar-refractivity contribution < 1.29 is 0 Å². The molecule has 0 aliphatic rings. The van der Waals surface area contributed by atoms with Gasteiger partial charge in [-0.1, -0.05) is 48.3 Å². The van der Waals surface area contributed by atoms with Crippen molar-refractivity contribution in [3.8, 4) is 0 Å². The second-order valence-corrected chi connectivity index (χ2v) is 1.60. The molecule has 0 saturated carbocycles. The minimum Gasteiger partial charge on any atom is -0.299 e. The molecule has 0 aliphatic heterocycles. The Hall–Kier alpha value is -1.58. The molecule has 1 aromatic rings. The summed E-state index contributed by atoms with van der Waals surface area (Å²) in [6.45, 7) is 15.0. The Kier molecular flexibility index (Phi) is 19.0. The van der Waals surface area contributed by atoms with Gasteiger partial charge in [0.25, 0.3) is 0 Å². The number of nitrogens with one attached hydrogen (secondary N) is 1. The Bertz CT molecular complexity index is 240. The maximum absolute atomic E-state index is 3.74. The van der Waals surface area contributed by atoms with Crippen molar-refractivity contribution in [3.05, 3.63) is 31.5 Å². The van der Waals surface area contributed by atoms with Crippen molar-refractivity contribution in [3.63, 3.8) is 0 Å². The second kappa shape index (κ2) is 14.9. The molecule has 1 aromatic heterocycles. The highest BCUT2D eigenvalue weighted by Gasteiger charge is 1.93. The molecule has 4 nitrogen and oxygen atoms in total. The summed E-state index contributed by atoms with van der Waals surface area (Å²) in [5.74, 6) is 0.667. The van der Waals surface area contributed by atoms with Gasteiger partial charge in [-0.2, -0.15) is 0 Å². The molecule has 0 spiro atoms. The van der Waals surface area contributed by atoms with Crippen LogP contribution in [0.3, 0.4) is 0 Å². The summed E-state index contributed by atoms with van der Waals surface area (Å²) in [7, 11) is 0. The zero-order valence-electron chi connectivity index (χ0n) is 9.49. The molecule has 15 heavy (non-hydrogen) atoms. The van der Waals surface area contributed by atoms with Crippen LogP contribution in [0.25, 0.3) is 6.08 Å². The van der Waals surface area contributed by atoms with E-state index in [1.54, 1.807) is 17.1 Å². The molecule has 0 aromatic carbocycles. The summed E-state index contributed by atoms with van der Waals surface area (Å²) in [6, 6.07) is 0. The van der Waals surface area contributed by atoms with Crippen LogP contribution in [0.4, 0.5) is 0 Å². The van der Waals surface area contributed by atoms with Crippen molar-refractivity contribution in [2.45, 2.75) is 35.1 Å². The lowest BCUT2D eigenvalue weighted by Crippen LogP contribution is -2.07. The van der Waals surface area contributed by atoms with Gasteiger partial charge in [-0.05, 0) is 6.08 Å². The molecule has 0 bridgehead atoms. The molecule has 0 radical (unpaired) electrons. The van der Waals surface area contributed by atoms with Crippen molar-refractivity contribution in [2.75, 3.05) is 5.43 Å². The fourth-order valence-electron chi connectivity index (χ4n) is 0.581. The van der Waals surface area contributed by atoms with Crippen molar-refractivity contribution in [1.82, 2.24) is 14.9 Å². The van der Waals surface area contributed by atoms with E-state index in [0.29, 0.717) is 5.82 Å². The molecule has 0 aliphatic carbocycles. The molecule has 0 fully saturated rings. The summed E-state index contributed by atoms with van der Waals surface area (Å²) in [6.07, 6.45) is 4.68. The number of nitrogens with zero attached hydrogens (tertiary/aromatic N) is 3. The molecular formula is C11H24N4. The summed E-state index contributed by atoms with van der Waals surface area (Å²) >= 11 is 0. The number of rotatable bonds is 3. The van der Waals surface area contributed by atoms with Crippen LogP contribution in [0.1, 0.15) is 40.9 Å². The predicted molar refractivity (Wildman–Crippen MR) is 69.1 cm³/mol. The first-order valence-electron chi connectivity index (χ1n) is 4.78. The van der Waals surface area contributed by atoms with Gasteiger partial charge in [0.15, 0.2) is 5.82 Å². The highest BCUT2D eigenvalue weighted by molar-refractivity contribution is 5.35. The maximum atomic E-state index is 3.74. The van der Waals surface area contributed by atoms with E-state index in [4.69, 9.17) is 0 Å². The first-order chi connectivity index (χ1) is 6.88. The molecule has 0 atom stereocenters. The first-order valence-corrected chi connectivity index (χ1v) is 4.78. The average Bonchev–Trinajstić information content (AvgIpc) is 2.72. The fraction of sp³-hybridized carbons (Fsp3) is 0.455. The van der Waals surface area contributed by atoms with Gasteiger partial charge >= 0.3 is 0 Å². The Morgan fingerprint density at radius 2 is 1.80 bits per heavy atom. The summed E-state index contributed by atoms with van der Waals surface area (Å²) in [4.78, 5) is 0. The van der Waals surface area contributed by atoms with Crippen LogP contribution in [0, 0.1) is 0 Å². The number of hydrogen-bond acceptors (Lipinski definition) is 3. The number of aromatic nitrogens is 3. The topological polar surface area (TPSA) is 42.7 Å². The number of hydrogen-bond donors (Lipinski definition) is 1. The molecule has 1 rings (SSSR count). The minimum absolute atomic E-state index is 0. The summed E-state index contributed by atoms with van der Waals surface area (Å²) in [5, 5.41) is 7.38. The van der Waals surface area contributed by atoms with Crippen LogP contribution < -0.4 is 5.43 Å². The Balaban J connectivity index is -0.000000258. The molecule has 1 N–H and O–H groups in total. The zero-order chi connectivity index (χ0) is 11.4. The van der Waals surface area contributed by atoms with E-state index in [1.165, 1.54) is 6.20 Å². The molecule has 0 saturated heterocycles. The van der Waals surface area contributed by atoms with Gasteiger partial charge in [0.2, 0.25) is 0 Å². The third-order valence-electron chi connectivity index (χ3n) is 0.987. The monoisotopic (exact) mass is 212 g/mol. The summed E-state index contributed by atoms with van der Waals surface area (Å²) in [5.41, 5.74) is 2.79. The standard InChI is InChI=1S/C6H8N4.2C2H6.CH4/c1-3-6-9-7-5-10(6)8-4-2;2*1-2;/h3-5,8H,1-2H2;2*1-2H3;1H4. The van der Waals surface area contributed by atoms with Crippen LogP contribution in [-0.2, 0) is 0 Å². The normalized spacial score (nSPS) is 6.67. The SMILES string of the molecule is C.C=CNn1cnnc1C=C.CC.CC. The van der Waals surface area contributed by atoms with Crippen LogP contribution in [-0.4, -0.2) is 14.9 Å². The van der Waals surface area contributed by atoms with Gasteiger partial charge in [-0.25, -0.2) is 4.68 Å². The van der Waals surface area contributed by atoms with Crippen LogP contribution in [0.15, 0.2) is 25.7 Å². The van der Waals surface area contributed by atoms with Gasteiger partial charge in [0.05, 0.1) is 0 Å². The largest absolute Gasteiger partial charge is 0.299 e. The third kappa shape index (κ3) is 7.49. The van der Waals surface area contributed by atoms with Crippen LogP contribution >= 0.6 is 0 Å². The maximum Gasteiger partial charge on any atom is 0.174 e. The van der Waals surface area contributed by atoms with E-state index in [2.05, 4.69) is 28.8 Å². The highest BCUT2D eigenvalue weighted by atomic mass is 15.5. The van der Waals surface area contributed by atoms with E-state index in [1.807, 2.05) is 27.7 Å². The molecule has 88 valence electrons. The second-order valence-electron chi connectivity index (χ2n) is 1.60. The van der Waals surface area contributed by atoms with Gasteiger partial charge in [0, 0.05) is 6.20 Å². The van der Waals surface area contributed by atoms with Crippen LogP contribution in [0.5, 0.6) is 0 Å². The Labute approximate surface area is 93.7 Å². The van der Waals surface area contributed by atoms with E-state index >= 15 is 0 Å².